The monoisotopic (exact) mass is 314 g/mol. The lowest BCUT2D eigenvalue weighted by Crippen LogP contribution is -2.61. The molecule has 112 valence electrons. The maximum Gasteiger partial charge on any atom is 0.0424 e. The third kappa shape index (κ3) is 4.63. The zero-order chi connectivity index (χ0) is 15.0. The zero-order valence-corrected chi connectivity index (χ0v) is 14.2. The van der Waals surface area contributed by atoms with E-state index in [9.17, 15) is 0 Å². The lowest BCUT2D eigenvalue weighted by Gasteiger charge is -2.46. The molecule has 1 aliphatic heterocycles. The largest absolute Gasteiger partial charge is 0.310 e. The Morgan fingerprint density at radius 3 is 2.05 bits per heavy atom. The molecule has 2 N–H and O–H groups in total. The Morgan fingerprint density at radius 1 is 1.05 bits per heavy atom. The maximum absolute atomic E-state index is 6.04. The fourth-order valence-electron chi connectivity index (χ4n) is 3.44. The van der Waals surface area contributed by atoms with E-state index in [2.05, 4.69) is 38.3 Å². The van der Waals surface area contributed by atoms with Crippen molar-refractivity contribution in [2.24, 2.45) is 0 Å². The fraction of sp³-hybridized carbons (Fsp3) is 0.625. The van der Waals surface area contributed by atoms with Crippen LogP contribution >= 0.6 is 23.2 Å². The molecule has 2 nitrogen and oxygen atoms in total. The second kappa shape index (κ2) is 5.84. The van der Waals surface area contributed by atoms with E-state index in [-0.39, 0.29) is 11.1 Å². The highest BCUT2D eigenvalue weighted by Gasteiger charge is 2.37. The molecular formula is C16H24Cl2N2. The first-order valence-electron chi connectivity index (χ1n) is 7.13. The molecule has 20 heavy (non-hydrogen) atoms. The number of hydrogen-bond acceptors (Lipinski definition) is 2. The average Bonchev–Trinajstić information content (AvgIpc) is 2.20. The molecular weight excluding hydrogens is 291 g/mol. The van der Waals surface area contributed by atoms with Crippen molar-refractivity contribution in [3.8, 4) is 0 Å². The number of hydrogen-bond donors (Lipinski definition) is 2. The van der Waals surface area contributed by atoms with E-state index >= 15 is 0 Å². The second-order valence-corrected chi connectivity index (χ2v) is 8.03. The molecule has 1 fully saturated rings. The third-order valence-electron chi connectivity index (χ3n) is 3.71. The molecule has 0 amide bonds. The first kappa shape index (κ1) is 16.1. The van der Waals surface area contributed by atoms with E-state index < -0.39 is 0 Å². The molecule has 0 spiro atoms. The van der Waals surface area contributed by atoms with Crippen LogP contribution in [0.15, 0.2) is 18.2 Å². The molecule has 0 aliphatic carbocycles. The molecule has 0 atom stereocenters. The number of rotatable bonds is 3. The van der Waals surface area contributed by atoms with Gasteiger partial charge in [-0.2, -0.15) is 0 Å². The van der Waals surface area contributed by atoms with Crippen molar-refractivity contribution in [3.05, 3.63) is 33.8 Å². The maximum atomic E-state index is 6.04. The van der Waals surface area contributed by atoms with Crippen molar-refractivity contribution in [2.75, 3.05) is 0 Å². The Morgan fingerprint density at radius 2 is 1.55 bits per heavy atom. The zero-order valence-electron chi connectivity index (χ0n) is 12.7. The van der Waals surface area contributed by atoms with Crippen molar-refractivity contribution in [1.29, 1.82) is 0 Å². The molecule has 1 aromatic carbocycles. The van der Waals surface area contributed by atoms with Gasteiger partial charge in [-0.25, -0.2) is 0 Å². The SMILES string of the molecule is CC1(C)CC(NCc2cc(Cl)cc(Cl)c2)CC(C)(C)N1. The summed E-state index contributed by atoms with van der Waals surface area (Å²) in [6.07, 6.45) is 2.23. The van der Waals surface area contributed by atoms with Gasteiger partial charge in [-0.3, -0.25) is 0 Å². The number of nitrogens with one attached hydrogen (secondary N) is 2. The molecule has 0 bridgehead atoms. The Bertz CT molecular complexity index is 447. The van der Waals surface area contributed by atoms with Gasteiger partial charge in [0.15, 0.2) is 0 Å². The summed E-state index contributed by atoms with van der Waals surface area (Å²) < 4.78 is 0. The van der Waals surface area contributed by atoms with E-state index in [0.717, 1.165) is 24.9 Å². The Balaban J connectivity index is 1.99. The highest BCUT2D eigenvalue weighted by molar-refractivity contribution is 6.34. The summed E-state index contributed by atoms with van der Waals surface area (Å²) in [6, 6.07) is 6.21. The summed E-state index contributed by atoms with van der Waals surface area (Å²) in [7, 11) is 0. The van der Waals surface area contributed by atoms with Gasteiger partial charge >= 0.3 is 0 Å². The molecule has 1 saturated heterocycles. The lowest BCUT2D eigenvalue weighted by molar-refractivity contribution is 0.145. The van der Waals surface area contributed by atoms with Crippen LogP contribution in [0.25, 0.3) is 0 Å². The minimum Gasteiger partial charge on any atom is -0.310 e. The summed E-state index contributed by atoms with van der Waals surface area (Å²) in [5.41, 5.74) is 1.45. The summed E-state index contributed by atoms with van der Waals surface area (Å²) in [4.78, 5) is 0. The van der Waals surface area contributed by atoms with Crippen LogP contribution in [0.4, 0.5) is 0 Å². The van der Waals surface area contributed by atoms with Gasteiger partial charge in [0.2, 0.25) is 0 Å². The second-order valence-electron chi connectivity index (χ2n) is 7.16. The fourth-order valence-corrected chi connectivity index (χ4v) is 4.01. The molecule has 4 heteroatoms. The van der Waals surface area contributed by atoms with E-state index in [1.165, 1.54) is 0 Å². The van der Waals surface area contributed by atoms with E-state index in [4.69, 9.17) is 23.2 Å². The van der Waals surface area contributed by atoms with Crippen LogP contribution in [0.1, 0.15) is 46.1 Å². The van der Waals surface area contributed by atoms with Gasteiger partial charge in [0.05, 0.1) is 0 Å². The summed E-state index contributed by atoms with van der Waals surface area (Å²) in [5, 5.41) is 8.73. The van der Waals surface area contributed by atoms with Crippen LogP contribution in [0.5, 0.6) is 0 Å². The molecule has 0 aromatic heterocycles. The van der Waals surface area contributed by atoms with Crippen LogP contribution in [0, 0.1) is 0 Å². The third-order valence-corrected chi connectivity index (χ3v) is 4.14. The normalized spacial score (nSPS) is 21.9. The number of piperidine rings is 1. The Hall–Kier alpha value is -0.280. The topological polar surface area (TPSA) is 24.1 Å². The highest BCUT2D eigenvalue weighted by atomic mass is 35.5. The van der Waals surface area contributed by atoms with E-state index in [0.29, 0.717) is 16.1 Å². The molecule has 2 rings (SSSR count). The van der Waals surface area contributed by atoms with Crippen molar-refractivity contribution < 1.29 is 0 Å². The van der Waals surface area contributed by atoms with Gasteiger partial charge in [0.1, 0.15) is 0 Å². The Labute approximate surface area is 132 Å². The number of halogens is 2. The van der Waals surface area contributed by atoms with Gasteiger partial charge in [-0.1, -0.05) is 23.2 Å². The molecule has 0 radical (unpaired) electrons. The molecule has 0 unspecified atom stereocenters. The summed E-state index contributed by atoms with van der Waals surface area (Å²) in [5.74, 6) is 0. The van der Waals surface area contributed by atoms with Crippen molar-refractivity contribution in [3.63, 3.8) is 0 Å². The minimum atomic E-state index is 0.158. The Kier molecular flexibility index (Phi) is 4.70. The van der Waals surface area contributed by atoms with Crippen LogP contribution in [0.3, 0.4) is 0 Å². The molecule has 0 saturated carbocycles. The van der Waals surface area contributed by atoms with Gasteiger partial charge in [0, 0.05) is 33.7 Å². The quantitative estimate of drug-likeness (QED) is 0.864. The predicted octanol–water partition coefficient (Wildman–Crippen LogP) is 4.39. The van der Waals surface area contributed by atoms with Crippen molar-refractivity contribution in [1.82, 2.24) is 10.6 Å². The van der Waals surface area contributed by atoms with Crippen molar-refractivity contribution >= 4 is 23.2 Å². The summed E-state index contributed by atoms with van der Waals surface area (Å²) in [6.45, 7) is 9.85. The molecule has 1 aliphatic rings. The highest BCUT2D eigenvalue weighted by Crippen LogP contribution is 2.29. The van der Waals surface area contributed by atoms with E-state index in [1.807, 2.05) is 12.1 Å². The molecule has 1 aromatic rings. The first-order valence-corrected chi connectivity index (χ1v) is 7.89. The van der Waals surface area contributed by atoms with E-state index in [1.54, 1.807) is 6.07 Å². The van der Waals surface area contributed by atoms with Gasteiger partial charge in [-0.15, -0.1) is 0 Å². The molecule has 1 heterocycles. The standard InChI is InChI=1S/C16H24Cl2N2/c1-15(2)8-14(9-16(3,4)20-15)19-10-11-5-12(17)7-13(18)6-11/h5-7,14,19-20H,8-10H2,1-4H3. The van der Waals surface area contributed by atoms with Crippen molar-refractivity contribution in [2.45, 2.75) is 64.2 Å². The van der Waals surface area contributed by atoms with Crippen LogP contribution < -0.4 is 10.6 Å². The smallest absolute Gasteiger partial charge is 0.0424 e. The summed E-state index contributed by atoms with van der Waals surface area (Å²) >= 11 is 12.1. The predicted molar refractivity (Wildman–Crippen MR) is 87.6 cm³/mol. The first-order chi connectivity index (χ1) is 9.15. The lowest BCUT2D eigenvalue weighted by atomic mass is 9.79. The van der Waals surface area contributed by atoms with Crippen LogP contribution in [0.2, 0.25) is 10.0 Å². The van der Waals surface area contributed by atoms with Crippen LogP contribution in [-0.2, 0) is 6.54 Å². The van der Waals surface area contributed by atoms with Gasteiger partial charge < -0.3 is 10.6 Å². The average molecular weight is 315 g/mol. The van der Waals surface area contributed by atoms with Crippen LogP contribution in [-0.4, -0.2) is 17.1 Å². The van der Waals surface area contributed by atoms with Gasteiger partial charge in [-0.05, 0) is 64.3 Å². The minimum absolute atomic E-state index is 0.158. The van der Waals surface area contributed by atoms with Gasteiger partial charge in [0.25, 0.3) is 0 Å². The number of benzene rings is 1.